The number of fused-ring (bicyclic) bond motifs is 1. The summed E-state index contributed by atoms with van der Waals surface area (Å²) in [4.78, 5) is 28.2. The standard InChI is InChI=1S/C18H21N3O3/c1-12(16(19)22)24-18(23)15-14-10-6-3-7-11-21(14)17(20-15)13-8-4-2-5-9-13/h2,4-5,8-9,12H,3,6-7,10-11H2,1H3,(H2,19,22). The normalized spacial score (nSPS) is 15.2. The monoisotopic (exact) mass is 327 g/mol. The zero-order valence-corrected chi connectivity index (χ0v) is 13.7. The number of hydrogen-bond donors (Lipinski definition) is 1. The molecule has 3 rings (SSSR count). The van der Waals surface area contributed by atoms with Gasteiger partial charge in [0.15, 0.2) is 11.8 Å². The van der Waals surface area contributed by atoms with Gasteiger partial charge in [-0.25, -0.2) is 9.78 Å². The van der Waals surface area contributed by atoms with Crippen molar-refractivity contribution >= 4 is 11.9 Å². The van der Waals surface area contributed by atoms with Gasteiger partial charge in [-0.3, -0.25) is 4.79 Å². The molecule has 1 unspecified atom stereocenters. The lowest BCUT2D eigenvalue weighted by Gasteiger charge is -2.10. The van der Waals surface area contributed by atoms with Crippen LogP contribution in [0.2, 0.25) is 0 Å². The summed E-state index contributed by atoms with van der Waals surface area (Å²) < 4.78 is 7.27. The summed E-state index contributed by atoms with van der Waals surface area (Å²) in [5.74, 6) is -0.489. The minimum Gasteiger partial charge on any atom is -0.448 e. The molecule has 2 N–H and O–H groups in total. The van der Waals surface area contributed by atoms with E-state index in [4.69, 9.17) is 10.5 Å². The number of nitrogens with zero attached hydrogens (tertiary/aromatic N) is 2. The molecule has 2 heterocycles. The fraction of sp³-hybridized carbons (Fsp3) is 0.389. The Morgan fingerprint density at radius 2 is 1.96 bits per heavy atom. The van der Waals surface area contributed by atoms with Crippen molar-refractivity contribution in [3.05, 3.63) is 41.7 Å². The lowest BCUT2D eigenvalue weighted by atomic mass is 10.1. The average Bonchev–Trinajstić information content (AvgIpc) is 2.77. The molecule has 0 saturated heterocycles. The Bertz CT molecular complexity index is 752. The number of primary amides is 1. The molecule has 6 nitrogen and oxygen atoms in total. The summed E-state index contributed by atoms with van der Waals surface area (Å²) in [6.07, 6.45) is 2.97. The molecule has 1 atom stereocenters. The van der Waals surface area contributed by atoms with E-state index < -0.39 is 18.0 Å². The van der Waals surface area contributed by atoms with Crippen LogP contribution >= 0.6 is 0 Å². The van der Waals surface area contributed by atoms with E-state index in [1.807, 2.05) is 30.3 Å². The van der Waals surface area contributed by atoms with Crippen LogP contribution in [0, 0.1) is 0 Å². The molecule has 0 saturated carbocycles. The third kappa shape index (κ3) is 3.18. The van der Waals surface area contributed by atoms with Gasteiger partial charge in [-0.2, -0.15) is 0 Å². The highest BCUT2D eigenvalue weighted by Gasteiger charge is 2.27. The van der Waals surface area contributed by atoms with Crippen LogP contribution in [-0.4, -0.2) is 27.5 Å². The fourth-order valence-electron chi connectivity index (χ4n) is 2.97. The second kappa shape index (κ2) is 6.86. The predicted molar refractivity (Wildman–Crippen MR) is 89.3 cm³/mol. The van der Waals surface area contributed by atoms with E-state index in [9.17, 15) is 9.59 Å². The van der Waals surface area contributed by atoms with E-state index in [-0.39, 0.29) is 0 Å². The van der Waals surface area contributed by atoms with Gasteiger partial charge in [0.1, 0.15) is 5.82 Å². The van der Waals surface area contributed by atoms with Crippen LogP contribution in [-0.2, 0) is 22.5 Å². The molecular weight excluding hydrogens is 306 g/mol. The summed E-state index contributed by atoms with van der Waals surface area (Å²) in [6.45, 7) is 2.29. The largest absolute Gasteiger partial charge is 0.448 e. The molecule has 0 aliphatic carbocycles. The Morgan fingerprint density at radius 1 is 1.21 bits per heavy atom. The summed E-state index contributed by atoms with van der Waals surface area (Å²) in [5.41, 5.74) is 7.32. The highest BCUT2D eigenvalue weighted by atomic mass is 16.5. The van der Waals surface area contributed by atoms with Crippen molar-refractivity contribution < 1.29 is 14.3 Å². The third-order valence-electron chi connectivity index (χ3n) is 4.28. The average molecular weight is 327 g/mol. The van der Waals surface area contributed by atoms with Gasteiger partial charge in [0, 0.05) is 12.1 Å². The topological polar surface area (TPSA) is 87.2 Å². The van der Waals surface area contributed by atoms with E-state index in [0.29, 0.717) is 5.69 Å². The lowest BCUT2D eigenvalue weighted by Crippen LogP contribution is -2.30. The van der Waals surface area contributed by atoms with Crippen molar-refractivity contribution in [3.63, 3.8) is 0 Å². The van der Waals surface area contributed by atoms with Crippen molar-refractivity contribution in [3.8, 4) is 11.4 Å². The molecule has 24 heavy (non-hydrogen) atoms. The smallest absolute Gasteiger partial charge is 0.359 e. The maximum absolute atomic E-state index is 12.5. The molecule has 1 aromatic carbocycles. The first-order chi connectivity index (χ1) is 11.6. The Labute approximate surface area is 140 Å². The number of imidazole rings is 1. The molecule has 1 aliphatic rings. The highest BCUT2D eigenvalue weighted by Crippen LogP contribution is 2.27. The van der Waals surface area contributed by atoms with Gasteiger partial charge in [-0.05, 0) is 26.2 Å². The highest BCUT2D eigenvalue weighted by molar-refractivity contribution is 5.92. The minimum atomic E-state index is -0.971. The third-order valence-corrected chi connectivity index (χ3v) is 4.28. The number of hydrogen-bond acceptors (Lipinski definition) is 4. The first-order valence-electron chi connectivity index (χ1n) is 8.23. The van der Waals surface area contributed by atoms with Gasteiger partial charge in [0.2, 0.25) is 0 Å². The molecular formula is C18H21N3O3. The minimum absolute atomic E-state index is 0.295. The number of aromatic nitrogens is 2. The van der Waals surface area contributed by atoms with E-state index in [2.05, 4.69) is 9.55 Å². The number of esters is 1. The summed E-state index contributed by atoms with van der Waals surface area (Å²) >= 11 is 0. The maximum Gasteiger partial charge on any atom is 0.359 e. The number of amides is 1. The second-order valence-corrected chi connectivity index (χ2v) is 6.01. The van der Waals surface area contributed by atoms with Crippen LogP contribution in [0.1, 0.15) is 42.4 Å². The molecule has 0 radical (unpaired) electrons. The first kappa shape index (κ1) is 16.2. The quantitative estimate of drug-likeness (QED) is 0.873. The fourth-order valence-corrected chi connectivity index (χ4v) is 2.97. The maximum atomic E-state index is 12.5. The number of rotatable bonds is 4. The first-order valence-corrected chi connectivity index (χ1v) is 8.23. The van der Waals surface area contributed by atoms with Crippen LogP contribution in [0.25, 0.3) is 11.4 Å². The van der Waals surface area contributed by atoms with E-state index in [1.165, 1.54) is 6.92 Å². The lowest BCUT2D eigenvalue weighted by molar-refractivity contribution is -0.125. The Balaban J connectivity index is 2.02. The van der Waals surface area contributed by atoms with Crippen molar-refractivity contribution in [1.82, 2.24) is 9.55 Å². The second-order valence-electron chi connectivity index (χ2n) is 6.01. The molecule has 6 heteroatoms. The molecule has 0 spiro atoms. The summed E-state index contributed by atoms with van der Waals surface area (Å²) in [6, 6.07) is 9.78. The van der Waals surface area contributed by atoms with Crippen LogP contribution < -0.4 is 5.73 Å². The van der Waals surface area contributed by atoms with Crippen molar-refractivity contribution in [2.75, 3.05) is 0 Å². The number of benzene rings is 1. The molecule has 0 fully saturated rings. The SMILES string of the molecule is CC(OC(=O)c1nc(-c2ccccc2)n2c1CCCCC2)C(N)=O. The van der Waals surface area contributed by atoms with Gasteiger partial charge >= 0.3 is 5.97 Å². The van der Waals surface area contributed by atoms with Crippen molar-refractivity contribution in [2.45, 2.75) is 45.3 Å². The molecule has 0 bridgehead atoms. The number of carbonyl (C=O) groups is 2. The summed E-state index contributed by atoms with van der Waals surface area (Å²) in [5, 5.41) is 0. The molecule has 1 aromatic heterocycles. The Morgan fingerprint density at radius 3 is 2.67 bits per heavy atom. The van der Waals surface area contributed by atoms with Crippen molar-refractivity contribution in [1.29, 1.82) is 0 Å². The van der Waals surface area contributed by atoms with Gasteiger partial charge in [0.05, 0.1) is 5.69 Å². The van der Waals surface area contributed by atoms with Crippen molar-refractivity contribution in [2.24, 2.45) is 5.73 Å². The molecule has 126 valence electrons. The van der Waals surface area contributed by atoms with Gasteiger partial charge in [0.25, 0.3) is 5.91 Å². The van der Waals surface area contributed by atoms with E-state index in [0.717, 1.165) is 49.3 Å². The molecule has 1 aliphatic heterocycles. The van der Waals surface area contributed by atoms with Crippen LogP contribution in [0.15, 0.2) is 30.3 Å². The van der Waals surface area contributed by atoms with Crippen LogP contribution in [0.4, 0.5) is 0 Å². The Kier molecular flexibility index (Phi) is 4.64. The zero-order chi connectivity index (χ0) is 17.1. The van der Waals surface area contributed by atoms with Gasteiger partial charge < -0.3 is 15.0 Å². The molecule has 1 amide bonds. The number of carbonyl (C=O) groups excluding carboxylic acids is 2. The van der Waals surface area contributed by atoms with E-state index in [1.54, 1.807) is 0 Å². The number of ether oxygens (including phenoxy) is 1. The number of nitrogens with two attached hydrogens (primary N) is 1. The van der Waals surface area contributed by atoms with Crippen LogP contribution in [0.5, 0.6) is 0 Å². The predicted octanol–water partition coefficient (Wildman–Crippen LogP) is 2.31. The van der Waals surface area contributed by atoms with Crippen LogP contribution in [0.3, 0.4) is 0 Å². The molecule has 2 aromatic rings. The summed E-state index contributed by atoms with van der Waals surface area (Å²) in [7, 11) is 0. The van der Waals surface area contributed by atoms with Gasteiger partial charge in [-0.1, -0.05) is 36.8 Å². The zero-order valence-electron chi connectivity index (χ0n) is 13.7. The van der Waals surface area contributed by atoms with Gasteiger partial charge in [-0.15, -0.1) is 0 Å². The Hall–Kier alpha value is -2.63. The van der Waals surface area contributed by atoms with E-state index >= 15 is 0 Å².